The number of hydrogen-bond donors (Lipinski definition) is 1. The quantitative estimate of drug-likeness (QED) is 0.829. The SMILES string of the molecule is CSc1ncc(-c2ccc(C(F)(F)F)cc2)[nH]1. The summed E-state index contributed by atoms with van der Waals surface area (Å²) in [6, 6.07) is 4.99. The van der Waals surface area contributed by atoms with Crippen LogP contribution in [-0.4, -0.2) is 16.2 Å². The van der Waals surface area contributed by atoms with Gasteiger partial charge in [0.25, 0.3) is 0 Å². The Kier molecular flexibility index (Phi) is 3.15. The van der Waals surface area contributed by atoms with Gasteiger partial charge in [-0.1, -0.05) is 23.9 Å². The number of alkyl halides is 3. The second kappa shape index (κ2) is 4.44. The highest BCUT2D eigenvalue weighted by Crippen LogP contribution is 2.30. The van der Waals surface area contributed by atoms with Crippen LogP contribution in [0.5, 0.6) is 0 Å². The van der Waals surface area contributed by atoms with E-state index in [0.717, 1.165) is 17.3 Å². The molecule has 1 N–H and O–H groups in total. The number of H-pyrrole nitrogens is 1. The number of nitrogens with one attached hydrogen (secondary N) is 1. The maximum atomic E-state index is 12.4. The van der Waals surface area contributed by atoms with Gasteiger partial charge in [-0.3, -0.25) is 0 Å². The summed E-state index contributed by atoms with van der Waals surface area (Å²) in [5.41, 5.74) is 0.750. The van der Waals surface area contributed by atoms with Gasteiger partial charge < -0.3 is 4.98 Å². The molecule has 1 heterocycles. The Hall–Kier alpha value is -1.43. The first-order valence-electron chi connectivity index (χ1n) is 4.77. The molecule has 0 aliphatic heterocycles. The minimum atomic E-state index is -4.29. The summed E-state index contributed by atoms with van der Waals surface area (Å²) >= 11 is 1.45. The van der Waals surface area contributed by atoms with E-state index in [1.807, 2.05) is 6.26 Å². The summed E-state index contributed by atoms with van der Waals surface area (Å²) < 4.78 is 37.1. The molecule has 0 aliphatic carbocycles. The molecule has 17 heavy (non-hydrogen) atoms. The van der Waals surface area contributed by atoms with E-state index in [9.17, 15) is 13.2 Å². The molecule has 2 aromatic rings. The third kappa shape index (κ3) is 2.63. The summed E-state index contributed by atoms with van der Waals surface area (Å²) in [4.78, 5) is 7.08. The molecule has 1 aromatic heterocycles. The van der Waals surface area contributed by atoms with Crippen molar-refractivity contribution in [1.82, 2.24) is 9.97 Å². The van der Waals surface area contributed by atoms with Gasteiger partial charge in [-0.05, 0) is 24.0 Å². The summed E-state index contributed by atoms with van der Waals surface area (Å²) in [6.07, 6.45) is -0.819. The lowest BCUT2D eigenvalue weighted by molar-refractivity contribution is -0.137. The summed E-state index contributed by atoms with van der Waals surface area (Å²) in [5, 5.41) is 0.736. The third-order valence-corrected chi connectivity index (χ3v) is 2.86. The first-order chi connectivity index (χ1) is 8.00. The van der Waals surface area contributed by atoms with Gasteiger partial charge in [0.05, 0.1) is 17.5 Å². The molecule has 0 atom stereocenters. The Morgan fingerprint density at radius 1 is 1.18 bits per heavy atom. The van der Waals surface area contributed by atoms with E-state index in [1.54, 1.807) is 6.20 Å². The predicted molar refractivity (Wildman–Crippen MR) is 60.8 cm³/mol. The summed E-state index contributed by atoms with van der Waals surface area (Å²) in [7, 11) is 0. The number of aromatic nitrogens is 2. The van der Waals surface area contributed by atoms with E-state index in [-0.39, 0.29) is 0 Å². The molecule has 0 fully saturated rings. The van der Waals surface area contributed by atoms with Gasteiger partial charge in [0.1, 0.15) is 0 Å². The molecule has 0 saturated carbocycles. The average Bonchev–Trinajstić information content (AvgIpc) is 2.76. The van der Waals surface area contributed by atoms with Crippen molar-refractivity contribution in [3.05, 3.63) is 36.0 Å². The van der Waals surface area contributed by atoms with Gasteiger partial charge in [-0.2, -0.15) is 13.2 Å². The fourth-order valence-corrected chi connectivity index (χ4v) is 1.76. The molecular weight excluding hydrogens is 249 g/mol. The van der Waals surface area contributed by atoms with Crippen LogP contribution >= 0.6 is 11.8 Å². The standard InChI is InChI=1S/C11H9F3N2S/c1-17-10-15-6-9(16-10)7-2-4-8(5-3-7)11(12,13)14/h2-6H,1H3,(H,15,16). The number of rotatable bonds is 2. The van der Waals surface area contributed by atoms with E-state index in [1.165, 1.54) is 23.9 Å². The normalized spacial score (nSPS) is 11.8. The lowest BCUT2D eigenvalue weighted by atomic mass is 10.1. The van der Waals surface area contributed by atoms with Crippen LogP contribution in [0.4, 0.5) is 13.2 Å². The molecule has 0 radical (unpaired) electrons. The molecule has 0 bridgehead atoms. The number of thioether (sulfide) groups is 1. The topological polar surface area (TPSA) is 28.7 Å². The second-order valence-corrected chi connectivity index (χ2v) is 4.18. The first-order valence-corrected chi connectivity index (χ1v) is 6.00. The van der Waals surface area contributed by atoms with Crippen LogP contribution in [0.2, 0.25) is 0 Å². The van der Waals surface area contributed by atoms with Crippen molar-refractivity contribution in [3.63, 3.8) is 0 Å². The Bertz CT molecular complexity index is 502. The van der Waals surface area contributed by atoms with Crippen LogP contribution in [-0.2, 0) is 6.18 Å². The number of halogens is 3. The van der Waals surface area contributed by atoms with Crippen molar-refractivity contribution in [2.75, 3.05) is 6.26 Å². The van der Waals surface area contributed by atoms with Crippen molar-refractivity contribution in [2.24, 2.45) is 0 Å². The molecular formula is C11H9F3N2S. The lowest BCUT2D eigenvalue weighted by Gasteiger charge is -2.06. The molecule has 90 valence electrons. The summed E-state index contributed by atoms with van der Waals surface area (Å²) in [6.45, 7) is 0. The Morgan fingerprint density at radius 3 is 2.29 bits per heavy atom. The zero-order valence-corrected chi connectivity index (χ0v) is 9.69. The highest BCUT2D eigenvalue weighted by atomic mass is 32.2. The molecule has 1 aromatic carbocycles. The van der Waals surface area contributed by atoms with E-state index >= 15 is 0 Å². The number of hydrogen-bond acceptors (Lipinski definition) is 2. The fourth-order valence-electron chi connectivity index (χ4n) is 1.39. The molecule has 0 spiro atoms. The maximum Gasteiger partial charge on any atom is 0.416 e. The van der Waals surface area contributed by atoms with E-state index in [0.29, 0.717) is 11.3 Å². The monoisotopic (exact) mass is 258 g/mol. The number of aromatic amines is 1. The van der Waals surface area contributed by atoms with Crippen molar-refractivity contribution in [2.45, 2.75) is 11.3 Å². The lowest BCUT2D eigenvalue weighted by Crippen LogP contribution is -2.03. The molecule has 2 rings (SSSR count). The van der Waals surface area contributed by atoms with E-state index < -0.39 is 11.7 Å². The van der Waals surface area contributed by atoms with Crippen molar-refractivity contribution in [3.8, 4) is 11.3 Å². The Morgan fingerprint density at radius 2 is 1.82 bits per heavy atom. The Balaban J connectivity index is 2.29. The van der Waals surface area contributed by atoms with Crippen molar-refractivity contribution < 1.29 is 13.2 Å². The maximum absolute atomic E-state index is 12.4. The van der Waals surface area contributed by atoms with Gasteiger partial charge in [-0.25, -0.2) is 4.98 Å². The molecule has 0 aliphatic rings. The zero-order valence-electron chi connectivity index (χ0n) is 8.88. The first kappa shape index (κ1) is 12.0. The van der Waals surface area contributed by atoms with E-state index in [2.05, 4.69) is 9.97 Å². The number of benzene rings is 1. The van der Waals surface area contributed by atoms with Crippen LogP contribution in [0, 0.1) is 0 Å². The molecule has 0 amide bonds. The second-order valence-electron chi connectivity index (χ2n) is 3.38. The van der Waals surface area contributed by atoms with Gasteiger partial charge in [-0.15, -0.1) is 0 Å². The van der Waals surface area contributed by atoms with Crippen molar-refractivity contribution >= 4 is 11.8 Å². The third-order valence-electron chi connectivity index (χ3n) is 2.27. The molecule has 6 heteroatoms. The predicted octanol–water partition coefficient (Wildman–Crippen LogP) is 3.82. The highest BCUT2D eigenvalue weighted by Gasteiger charge is 2.29. The van der Waals surface area contributed by atoms with Crippen molar-refractivity contribution in [1.29, 1.82) is 0 Å². The zero-order chi connectivity index (χ0) is 12.5. The van der Waals surface area contributed by atoms with E-state index in [4.69, 9.17) is 0 Å². The summed E-state index contributed by atoms with van der Waals surface area (Å²) in [5.74, 6) is 0. The van der Waals surface area contributed by atoms with Crippen LogP contribution in [0.15, 0.2) is 35.6 Å². The van der Waals surface area contributed by atoms with Gasteiger partial charge in [0.15, 0.2) is 5.16 Å². The average molecular weight is 258 g/mol. The molecule has 0 unspecified atom stereocenters. The Labute approximate surface area is 100 Å². The fraction of sp³-hybridized carbons (Fsp3) is 0.182. The van der Waals surface area contributed by atoms with Crippen LogP contribution in [0.3, 0.4) is 0 Å². The van der Waals surface area contributed by atoms with Gasteiger partial charge in [0.2, 0.25) is 0 Å². The minimum absolute atomic E-state index is 0.647. The van der Waals surface area contributed by atoms with Gasteiger partial charge >= 0.3 is 6.18 Å². The molecule has 0 saturated heterocycles. The smallest absolute Gasteiger partial charge is 0.333 e. The highest BCUT2D eigenvalue weighted by molar-refractivity contribution is 7.98. The minimum Gasteiger partial charge on any atom is -0.333 e. The molecule has 2 nitrogen and oxygen atoms in total. The van der Waals surface area contributed by atoms with Crippen LogP contribution in [0.25, 0.3) is 11.3 Å². The van der Waals surface area contributed by atoms with Crippen LogP contribution in [0.1, 0.15) is 5.56 Å². The number of nitrogens with zero attached hydrogens (tertiary/aromatic N) is 1. The van der Waals surface area contributed by atoms with Gasteiger partial charge in [0, 0.05) is 0 Å². The van der Waals surface area contributed by atoms with Crippen LogP contribution < -0.4 is 0 Å². The largest absolute Gasteiger partial charge is 0.416 e. The number of imidazole rings is 1.